The second kappa shape index (κ2) is 4.89. The second-order valence-electron chi connectivity index (χ2n) is 4.16. The number of benzene rings is 1. The highest BCUT2D eigenvalue weighted by Crippen LogP contribution is 2.21. The summed E-state index contributed by atoms with van der Waals surface area (Å²) < 4.78 is 31.7. The quantitative estimate of drug-likeness (QED) is 0.795. The molecule has 0 bridgehead atoms. The minimum atomic E-state index is -0.559. The predicted molar refractivity (Wildman–Crippen MR) is 57.1 cm³/mol. The number of rotatable bonds is 1. The summed E-state index contributed by atoms with van der Waals surface area (Å²) in [6.07, 6.45) is 0.643. The van der Waals surface area contributed by atoms with Gasteiger partial charge >= 0.3 is 0 Å². The van der Waals surface area contributed by atoms with Crippen LogP contribution in [0.2, 0.25) is 0 Å². The molecule has 0 saturated carbocycles. The minimum absolute atomic E-state index is 0.268. The molecular weight excluding hydrogens is 212 g/mol. The van der Waals surface area contributed by atoms with Crippen LogP contribution in [-0.4, -0.2) is 19.2 Å². The molecule has 2 rings (SSSR count). The van der Waals surface area contributed by atoms with Crippen LogP contribution in [0.25, 0.3) is 0 Å². The largest absolute Gasteiger partial charge is 0.372 e. The van der Waals surface area contributed by atoms with Gasteiger partial charge in [-0.15, -0.1) is 0 Å². The molecule has 1 aliphatic heterocycles. The lowest BCUT2D eigenvalue weighted by Gasteiger charge is -2.15. The van der Waals surface area contributed by atoms with E-state index >= 15 is 0 Å². The van der Waals surface area contributed by atoms with E-state index in [1.807, 2.05) is 0 Å². The normalized spacial score (nSPS) is 26.4. The Morgan fingerprint density at radius 2 is 1.94 bits per heavy atom. The van der Waals surface area contributed by atoms with Crippen molar-refractivity contribution < 1.29 is 13.5 Å². The molecule has 1 fully saturated rings. The van der Waals surface area contributed by atoms with Crippen molar-refractivity contribution in [2.75, 3.05) is 13.2 Å². The van der Waals surface area contributed by atoms with Crippen molar-refractivity contribution in [3.8, 4) is 0 Å². The van der Waals surface area contributed by atoms with Gasteiger partial charge in [-0.3, -0.25) is 0 Å². The third kappa shape index (κ3) is 2.77. The summed E-state index contributed by atoms with van der Waals surface area (Å²) in [4.78, 5) is 0. The van der Waals surface area contributed by atoms with Crippen LogP contribution in [-0.2, 0) is 4.74 Å². The van der Waals surface area contributed by atoms with E-state index in [9.17, 15) is 8.78 Å². The van der Waals surface area contributed by atoms with Crippen LogP contribution < -0.4 is 5.32 Å². The summed E-state index contributed by atoms with van der Waals surface area (Å²) in [5, 5.41) is 3.26. The van der Waals surface area contributed by atoms with Gasteiger partial charge in [0.05, 0.1) is 6.10 Å². The molecule has 2 unspecified atom stereocenters. The Hall–Kier alpha value is -1.00. The zero-order valence-corrected chi connectivity index (χ0v) is 9.17. The maximum absolute atomic E-state index is 13.0. The summed E-state index contributed by atoms with van der Waals surface area (Å²) in [5.74, 6) is -1.12. The average Bonchev–Trinajstić information content (AvgIpc) is 2.41. The Kier molecular flexibility index (Phi) is 3.51. The molecule has 0 amide bonds. The molecular formula is C12H15F2NO. The van der Waals surface area contributed by atoms with Crippen LogP contribution in [0, 0.1) is 11.6 Å². The molecule has 88 valence electrons. The van der Waals surface area contributed by atoms with Gasteiger partial charge < -0.3 is 10.1 Å². The summed E-state index contributed by atoms with van der Waals surface area (Å²) in [6.45, 7) is 3.26. The minimum Gasteiger partial charge on any atom is -0.372 e. The summed E-state index contributed by atoms with van der Waals surface area (Å²) in [7, 11) is 0. The fraction of sp³-hybridized carbons (Fsp3) is 0.500. The van der Waals surface area contributed by atoms with Crippen LogP contribution in [0.5, 0.6) is 0 Å². The topological polar surface area (TPSA) is 21.3 Å². The first-order valence-electron chi connectivity index (χ1n) is 5.46. The van der Waals surface area contributed by atoms with E-state index in [4.69, 9.17) is 4.74 Å². The molecule has 2 atom stereocenters. The molecule has 0 radical (unpaired) electrons. The van der Waals surface area contributed by atoms with Crippen molar-refractivity contribution in [3.63, 3.8) is 0 Å². The van der Waals surface area contributed by atoms with E-state index in [1.54, 1.807) is 0 Å². The maximum atomic E-state index is 13.0. The van der Waals surface area contributed by atoms with E-state index < -0.39 is 11.6 Å². The van der Waals surface area contributed by atoms with E-state index in [1.165, 1.54) is 12.1 Å². The third-order valence-electron chi connectivity index (χ3n) is 2.78. The Morgan fingerprint density at radius 1 is 1.25 bits per heavy atom. The van der Waals surface area contributed by atoms with Gasteiger partial charge in [-0.05, 0) is 31.0 Å². The van der Waals surface area contributed by atoms with Crippen molar-refractivity contribution in [1.29, 1.82) is 0 Å². The molecule has 0 aliphatic carbocycles. The van der Waals surface area contributed by atoms with Crippen LogP contribution in [0.15, 0.2) is 18.2 Å². The number of halogens is 2. The molecule has 1 saturated heterocycles. The molecule has 1 aliphatic rings. The monoisotopic (exact) mass is 227 g/mol. The Morgan fingerprint density at radius 3 is 2.62 bits per heavy atom. The lowest BCUT2D eigenvalue weighted by Crippen LogP contribution is -2.27. The van der Waals surface area contributed by atoms with E-state index in [-0.39, 0.29) is 6.10 Å². The lowest BCUT2D eigenvalue weighted by molar-refractivity contribution is 0.0660. The summed E-state index contributed by atoms with van der Waals surface area (Å²) in [6, 6.07) is 3.90. The van der Waals surface area contributed by atoms with Crippen LogP contribution in [0.4, 0.5) is 8.78 Å². The van der Waals surface area contributed by atoms with Gasteiger partial charge in [0.2, 0.25) is 0 Å². The molecule has 0 aromatic heterocycles. The average molecular weight is 227 g/mol. The Balaban J connectivity index is 2.16. The molecule has 0 spiro atoms. The van der Waals surface area contributed by atoms with Crippen LogP contribution >= 0.6 is 0 Å². The lowest BCUT2D eigenvalue weighted by atomic mass is 10.1. The molecule has 2 nitrogen and oxygen atoms in total. The van der Waals surface area contributed by atoms with E-state index in [0.29, 0.717) is 24.8 Å². The van der Waals surface area contributed by atoms with Crippen molar-refractivity contribution >= 4 is 0 Å². The van der Waals surface area contributed by atoms with Gasteiger partial charge in [-0.25, -0.2) is 8.78 Å². The fourth-order valence-corrected chi connectivity index (χ4v) is 1.83. The van der Waals surface area contributed by atoms with Crippen molar-refractivity contribution in [3.05, 3.63) is 35.4 Å². The SMILES string of the molecule is CC1CCOC(c2cc(F)cc(F)c2)CN1. The highest BCUT2D eigenvalue weighted by molar-refractivity contribution is 5.20. The van der Waals surface area contributed by atoms with Crippen LogP contribution in [0.3, 0.4) is 0 Å². The first-order valence-corrected chi connectivity index (χ1v) is 5.46. The van der Waals surface area contributed by atoms with Gasteiger partial charge in [0.15, 0.2) is 0 Å². The molecule has 1 heterocycles. The van der Waals surface area contributed by atoms with Crippen molar-refractivity contribution in [2.45, 2.75) is 25.5 Å². The van der Waals surface area contributed by atoms with Gasteiger partial charge in [0.1, 0.15) is 11.6 Å². The molecule has 1 aromatic carbocycles. The number of ether oxygens (including phenoxy) is 1. The third-order valence-corrected chi connectivity index (χ3v) is 2.78. The zero-order valence-electron chi connectivity index (χ0n) is 9.17. The van der Waals surface area contributed by atoms with Crippen LogP contribution in [0.1, 0.15) is 25.0 Å². The summed E-state index contributed by atoms with van der Waals surface area (Å²) in [5.41, 5.74) is 0.555. The van der Waals surface area contributed by atoms with Gasteiger partial charge in [-0.1, -0.05) is 0 Å². The Labute approximate surface area is 93.6 Å². The first-order chi connectivity index (χ1) is 7.65. The summed E-state index contributed by atoms with van der Waals surface area (Å²) >= 11 is 0. The second-order valence-corrected chi connectivity index (χ2v) is 4.16. The smallest absolute Gasteiger partial charge is 0.126 e. The van der Waals surface area contributed by atoms with Crippen molar-refractivity contribution in [1.82, 2.24) is 5.32 Å². The maximum Gasteiger partial charge on any atom is 0.126 e. The molecule has 1 aromatic rings. The van der Waals surface area contributed by atoms with Gasteiger partial charge in [0, 0.05) is 25.3 Å². The van der Waals surface area contributed by atoms with Gasteiger partial charge in [-0.2, -0.15) is 0 Å². The number of hydrogen-bond donors (Lipinski definition) is 1. The van der Waals surface area contributed by atoms with Gasteiger partial charge in [0.25, 0.3) is 0 Å². The predicted octanol–water partition coefficient (Wildman–Crippen LogP) is 2.40. The molecule has 1 N–H and O–H groups in total. The van der Waals surface area contributed by atoms with E-state index in [0.717, 1.165) is 12.5 Å². The fourth-order valence-electron chi connectivity index (χ4n) is 1.83. The highest BCUT2D eigenvalue weighted by Gasteiger charge is 2.18. The molecule has 4 heteroatoms. The first kappa shape index (κ1) is 11.5. The highest BCUT2D eigenvalue weighted by atomic mass is 19.1. The van der Waals surface area contributed by atoms with E-state index in [2.05, 4.69) is 12.2 Å². The molecule has 16 heavy (non-hydrogen) atoms. The van der Waals surface area contributed by atoms with Crippen molar-refractivity contribution in [2.24, 2.45) is 0 Å². The standard InChI is InChI=1S/C12H15F2NO/c1-8-2-3-16-12(7-15-8)9-4-10(13)6-11(14)5-9/h4-6,8,12,15H,2-3,7H2,1H3. The number of nitrogens with one attached hydrogen (secondary N) is 1. The zero-order chi connectivity index (χ0) is 11.5. The Bertz CT molecular complexity index is 350. The number of hydrogen-bond acceptors (Lipinski definition) is 2.